The molecule has 1 fully saturated rings. The molecule has 0 spiro atoms. The van der Waals surface area contributed by atoms with Gasteiger partial charge in [0.25, 0.3) is 0 Å². The van der Waals surface area contributed by atoms with Crippen LogP contribution in [-0.4, -0.2) is 11.1 Å². The normalized spacial score (nSPS) is 35.8. The van der Waals surface area contributed by atoms with E-state index in [2.05, 4.69) is 13.8 Å². The molecule has 3 nitrogen and oxygen atoms in total. The Hall–Kier alpha value is -0.570. The largest absolute Gasteiger partial charge is 0.289 e. The van der Waals surface area contributed by atoms with Gasteiger partial charge in [-0.15, -0.1) is 0 Å². The van der Waals surface area contributed by atoms with Gasteiger partial charge >= 0.3 is 0 Å². The first-order valence-electron chi connectivity index (χ1n) is 4.50. The Bertz CT molecular complexity index is 193. The van der Waals surface area contributed by atoms with Crippen LogP contribution in [0.5, 0.6) is 0 Å². The van der Waals surface area contributed by atoms with E-state index in [0.717, 1.165) is 12.8 Å². The van der Waals surface area contributed by atoms with Crippen molar-refractivity contribution in [2.75, 3.05) is 0 Å². The fraction of sp³-hybridized carbons (Fsp3) is 0.889. The molecule has 1 saturated carbocycles. The molecule has 1 aliphatic rings. The van der Waals surface area contributed by atoms with Crippen molar-refractivity contribution in [3.05, 3.63) is 0 Å². The van der Waals surface area contributed by atoms with Crippen molar-refractivity contribution >= 4 is 5.91 Å². The van der Waals surface area contributed by atoms with Crippen molar-refractivity contribution in [2.45, 2.75) is 33.6 Å². The topological polar surface area (TPSA) is 49.3 Å². The van der Waals surface area contributed by atoms with Crippen LogP contribution < -0.4 is 5.48 Å². The molecule has 0 heterocycles. The molecule has 0 aromatic rings. The van der Waals surface area contributed by atoms with E-state index in [1.807, 2.05) is 6.92 Å². The standard InChI is InChI=1S/C9H17NO2/c1-4-6(2)7-5-9(7,3)8(11)10-12/h6-7,12H,4-5H2,1-3H3,(H,10,11). The van der Waals surface area contributed by atoms with Gasteiger partial charge in [-0.25, -0.2) is 5.48 Å². The third kappa shape index (κ3) is 1.33. The van der Waals surface area contributed by atoms with E-state index >= 15 is 0 Å². The van der Waals surface area contributed by atoms with Gasteiger partial charge in [0.15, 0.2) is 0 Å². The molecule has 3 atom stereocenters. The minimum absolute atomic E-state index is 0.229. The summed E-state index contributed by atoms with van der Waals surface area (Å²) in [6.45, 7) is 6.19. The molecular formula is C9H17NO2. The summed E-state index contributed by atoms with van der Waals surface area (Å²) in [7, 11) is 0. The first-order valence-corrected chi connectivity index (χ1v) is 4.50. The lowest BCUT2D eigenvalue weighted by atomic mass is 9.95. The second kappa shape index (κ2) is 3.05. The van der Waals surface area contributed by atoms with Crippen LogP contribution >= 0.6 is 0 Å². The minimum Gasteiger partial charge on any atom is -0.289 e. The molecule has 2 N–H and O–H groups in total. The lowest BCUT2D eigenvalue weighted by Crippen LogP contribution is -2.29. The van der Waals surface area contributed by atoms with E-state index in [1.54, 1.807) is 5.48 Å². The SMILES string of the molecule is CCC(C)C1CC1(C)C(=O)NO. The average molecular weight is 171 g/mol. The summed E-state index contributed by atoms with van der Waals surface area (Å²) in [6, 6.07) is 0. The van der Waals surface area contributed by atoms with Gasteiger partial charge < -0.3 is 0 Å². The molecule has 1 rings (SSSR count). The summed E-state index contributed by atoms with van der Waals surface area (Å²) in [6.07, 6.45) is 2.01. The Balaban J connectivity index is 2.53. The second-order valence-electron chi connectivity index (χ2n) is 4.05. The summed E-state index contributed by atoms with van der Waals surface area (Å²) >= 11 is 0. The van der Waals surface area contributed by atoms with Gasteiger partial charge in [-0.3, -0.25) is 10.0 Å². The average Bonchev–Trinajstić information content (AvgIpc) is 2.76. The van der Waals surface area contributed by atoms with E-state index in [4.69, 9.17) is 5.21 Å². The van der Waals surface area contributed by atoms with Gasteiger partial charge in [-0.1, -0.05) is 27.2 Å². The van der Waals surface area contributed by atoms with Crippen molar-refractivity contribution < 1.29 is 10.0 Å². The maximum atomic E-state index is 11.2. The first kappa shape index (κ1) is 9.52. The molecule has 0 aromatic heterocycles. The van der Waals surface area contributed by atoms with Crippen molar-refractivity contribution in [2.24, 2.45) is 17.3 Å². The van der Waals surface area contributed by atoms with Crippen LogP contribution in [0.2, 0.25) is 0 Å². The van der Waals surface area contributed by atoms with E-state index < -0.39 is 0 Å². The Labute approximate surface area is 73.1 Å². The highest BCUT2D eigenvalue weighted by Gasteiger charge is 2.57. The van der Waals surface area contributed by atoms with Crippen molar-refractivity contribution in [3.63, 3.8) is 0 Å². The summed E-state index contributed by atoms with van der Waals surface area (Å²) in [5.41, 5.74) is 1.44. The number of hydrogen-bond acceptors (Lipinski definition) is 2. The van der Waals surface area contributed by atoms with E-state index in [-0.39, 0.29) is 11.3 Å². The molecule has 3 unspecified atom stereocenters. The van der Waals surface area contributed by atoms with Crippen molar-refractivity contribution in [1.82, 2.24) is 5.48 Å². The highest BCUT2D eigenvalue weighted by molar-refractivity contribution is 5.84. The molecule has 3 heteroatoms. The number of nitrogens with one attached hydrogen (secondary N) is 1. The molecule has 70 valence electrons. The van der Waals surface area contributed by atoms with Gasteiger partial charge in [0.1, 0.15) is 0 Å². The Morgan fingerprint density at radius 2 is 2.42 bits per heavy atom. The first-order chi connectivity index (χ1) is 5.56. The number of hydroxylamine groups is 1. The quantitative estimate of drug-likeness (QED) is 0.500. The number of rotatable bonds is 3. The molecule has 0 radical (unpaired) electrons. The smallest absolute Gasteiger partial charge is 0.249 e. The van der Waals surface area contributed by atoms with Crippen molar-refractivity contribution in [3.8, 4) is 0 Å². The van der Waals surface area contributed by atoms with E-state index in [9.17, 15) is 4.79 Å². The molecular weight excluding hydrogens is 154 g/mol. The monoisotopic (exact) mass is 171 g/mol. The van der Waals surface area contributed by atoms with Gasteiger partial charge in [-0.05, 0) is 18.3 Å². The second-order valence-corrected chi connectivity index (χ2v) is 4.05. The summed E-state index contributed by atoms with van der Waals surface area (Å²) in [5, 5.41) is 8.48. The van der Waals surface area contributed by atoms with E-state index in [1.165, 1.54) is 0 Å². The summed E-state index contributed by atoms with van der Waals surface area (Å²) in [5.74, 6) is 0.801. The van der Waals surface area contributed by atoms with Gasteiger partial charge in [0.2, 0.25) is 5.91 Å². The molecule has 0 aliphatic heterocycles. The van der Waals surface area contributed by atoms with Crippen LogP contribution in [0, 0.1) is 17.3 Å². The molecule has 1 aliphatic carbocycles. The fourth-order valence-corrected chi connectivity index (χ4v) is 1.90. The van der Waals surface area contributed by atoms with Gasteiger partial charge in [0.05, 0.1) is 5.41 Å². The molecule has 1 amide bonds. The van der Waals surface area contributed by atoms with Crippen LogP contribution in [0.25, 0.3) is 0 Å². The highest BCUT2D eigenvalue weighted by Crippen LogP contribution is 2.56. The Kier molecular flexibility index (Phi) is 2.42. The third-order valence-electron chi connectivity index (χ3n) is 3.25. The highest BCUT2D eigenvalue weighted by atomic mass is 16.5. The predicted octanol–water partition coefficient (Wildman–Crippen LogP) is 1.56. The van der Waals surface area contributed by atoms with Crippen LogP contribution in [-0.2, 0) is 4.79 Å². The van der Waals surface area contributed by atoms with Gasteiger partial charge in [-0.2, -0.15) is 0 Å². The number of carbonyl (C=O) groups excluding carboxylic acids is 1. The lowest BCUT2D eigenvalue weighted by Gasteiger charge is -2.12. The molecule has 0 aromatic carbocycles. The van der Waals surface area contributed by atoms with E-state index in [0.29, 0.717) is 11.8 Å². The van der Waals surface area contributed by atoms with Crippen LogP contribution in [0.1, 0.15) is 33.6 Å². The zero-order chi connectivity index (χ0) is 9.35. The molecule has 12 heavy (non-hydrogen) atoms. The lowest BCUT2D eigenvalue weighted by molar-refractivity contribution is -0.135. The minimum atomic E-state index is -0.301. The third-order valence-corrected chi connectivity index (χ3v) is 3.25. The maximum Gasteiger partial charge on any atom is 0.249 e. The van der Waals surface area contributed by atoms with Crippen LogP contribution in [0.3, 0.4) is 0 Å². The summed E-state index contributed by atoms with van der Waals surface area (Å²) < 4.78 is 0. The molecule has 0 saturated heterocycles. The van der Waals surface area contributed by atoms with Crippen LogP contribution in [0.15, 0.2) is 0 Å². The van der Waals surface area contributed by atoms with Crippen LogP contribution in [0.4, 0.5) is 0 Å². The van der Waals surface area contributed by atoms with Gasteiger partial charge in [0, 0.05) is 0 Å². The Morgan fingerprint density at radius 3 is 2.83 bits per heavy atom. The van der Waals surface area contributed by atoms with Crippen molar-refractivity contribution in [1.29, 1.82) is 0 Å². The zero-order valence-corrected chi connectivity index (χ0v) is 7.92. The Morgan fingerprint density at radius 1 is 1.83 bits per heavy atom. The summed E-state index contributed by atoms with van der Waals surface area (Å²) in [4.78, 5) is 11.2. The number of hydrogen-bond donors (Lipinski definition) is 2. The number of amides is 1. The fourth-order valence-electron chi connectivity index (χ4n) is 1.90. The maximum absolute atomic E-state index is 11.2. The molecule has 0 bridgehead atoms. The zero-order valence-electron chi connectivity index (χ0n) is 7.92. The number of carbonyl (C=O) groups is 1. The predicted molar refractivity (Wildman–Crippen MR) is 45.6 cm³/mol.